The van der Waals surface area contributed by atoms with Gasteiger partial charge in [0.1, 0.15) is 0 Å². The Morgan fingerprint density at radius 1 is 1.17 bits per heavy atom. The Hall–Kier alpha value is 0. The third-order valence-corrected chi connectivity index (χ3v) is 6.00. The molecule has 3 rings (SSSR count). The average Bonchev–Trinajstić information content (AvgIpc) is 2.56. The summed E-state index contributed by atoms with van der Waals surface area (Å²) in [5, 5.41) is 0. The minimum atomic E-state index is 0.813. The van der Waals surface area contributed by atoms with E-state index in [2.05, 4.69) is 20.8 Å². The quantitative estimate of drug-likeness (QED) is 0.557. The molecule has 0 aromatic rings. The van der Waals surface area contributed by atoms with Crippen molar-refractivity contribution in [2.75, 3.05) is 0 Å². The molecule has 0 heteroatoms. The van der Waals surface area contributed by atoms with E-state index in [0.717, 1.165) is 35.0 Å². The van der Waals surface area contributed by atoms with Crippen molar-refractivity contribution in [1.29, 1.82) is 0 Å². The van der Waals surface area contributed by atoms with Crippen LogP contribution in [-0.4, -0.2) is 0 Å². The van der Waals surface area contributed by atoms with Gasteiger partial charge in [-0.05, 0) is 54.3 Å². The van der Waals surface area contributed by atoms with Crippen LogP contribution in [0.3, 0.4) is 0 Å². The summed E-state index contributed by atoms with van der Waals surface area (Å²) in [6, 6.07) is 0. The van der Waals surface area contributed by atoms with E-state index >= 15 is 0 Å². The van der Waals surface area contributed by atoms with E-state index < -0.39 is 0 Å². The molecule has 0 spiro atoms. The van der Waals surface area contributed by atoms with E-state index in [0.29, 0.717) is 0 Å². The van der Waals surface area contributed by atoms with Crippen LogP contribution in [0.1, 0.15) is 40.0 Å². The highest BCUT2D eigenvalue weighted by atomic mass is 14.7. The summed E-state index contributed by atoms with van der Waals surface area (Å²) in [5.74, 6) is 5.52. The van der Waals surface area contributed by atoms with Gasteiger partial charge >= 0.3 is 0 Å². The number of fused-ring (bicyclic) bond motifs is 1. The molecule has 0 N–H and O–H groups in total. The Morgan fingerprint density at radius 3 is 2.33 bits per heavy atom. The average molecular weight is 164 g/mol. The van der Waals surface area contributed by atoms with E-state index in [1.54, 1.807) is 12.8 Å². The van der Waals surface area contributed by atoms with Crippen molar-refractivity contribution in [3.63, 3.8) is 0 Å². The first-order valence-corrected chi connectivity index (χ1v) is 5.71. The molecule has 0 saturated heterocycles. The molecule has 3 aliphatic carbocycles. The Morgan fingerprint density at radius 2 is 1.92 bits per heavy atom. The maximum absolute atomic E-state index is 2.53. The zero-order valence-electron chi connectivity index (χ0n) is 8.51. The summed E-state index contributed by atoms with van der Waals surface area (Å²) < 4.78 is 0. The Kier molecular flexibility index (Phi) is 1.18. The highest BCUT2D eigenvalue weighted by Gasteiger charge is 2.70. The second kappa shape index (κ2) is 1.91. The van der Waals surface area contributed by atoms with E-state index in [1.807, 2.05) is 0 Å². The molecular formula is C12H20. The second-order valence-corrected chi connectivity index (χ2v) is 5.55. The van der Waals surface area contributed by atoms with Crippen molar-refractivity contribution >= 4 is 0 Å². The van der Waals surface area contributed by atoms with Gasteiger partial charge in [0.05, 0.1) is 0 Å². The molecule has 0 aliphatic heterocycles. The van der Waals surface area contributed by atoms with Gasteiger partial charge in [-0.15, -0.1) is 0 Å². The monoisotopic (exact) mass is 164 g/mol. The van der Waals surface area contributed by atoms with E-state index in [1.165, 1.54) is 6.42 Å². The summed E-state index contributed by atoms with van der Waals surface area (Å²) in [7, 11) is 0. The molecule has 3 saturated carbocycles. The smallest absolute Gasteiger partial charge is 0.0212 e. The van der Waals surface area contributed by atoms with Crippen LogP contribution in [0.4, 0.5) is 0 Å². The molecule has 0 aromatic heterocycles. The van der Waals surface area contributed by atoms with Crippen LogP contribution in [-0.2, 0) is 0 Å². The first-order valence-electron chi connectivity index (χ1n) is 5.71. The summed E-state index contributed by atoms with van der Waals surface area (Å²) in [4.78, 5) is 0. The highest BCUT2D eigenvalue weighted by Crippen LogP contribution is 2.77. The van der Waals surface area contributed by atoms with E-state index in [-0.39, 0.29) is 0 Å². The molecule has 3 aliphatic rings. The summed E-state index contributed by atoms with van der Waals surface area (Å²) in [6.07, 6.45) is 4.62. The minimum absolute atomic E-state index is 0.813. The summed E-state index contributed by atoms with van der Waals surface area (Å²) >= 11 is 0. The first-order chi connectivity index (χ1) is 5.71. The Balaban J connectivity index is 2.02. The predicted molar refractivity (Wildman–Crippen MR) is 50.8 cm³/mol. The molecule has 0 nitrogen and oxygen atoms in total. The minimum Gasteiger partial charge on any atom is -0.0648 e. The number of rotatable bonds is 1. The van der Waals surface area contributed by atoms with Gasteiger partial charge < -0.3 is 0 Å². The van der Waals surface area contributed by atoms with Crippen LogP contribution < -0.4 is 0 Å². The normalized spacial score (nSPS) is 66.8. The molecule has 2 bridgehead atoms. The third-order valence-electron chi connectivity index (χ3n) is 6.00. The van der Waals surface area contributed by atoms with Crippen LogP contribution in [0, 0.1) is 35.0 Å². The second-order valence-electron chi connectivity index (χ2n) is 5.55. The molecule has 68 valence electrons. The number of hydrogen-bond acceptors (Lipinski definition) is 0. The van der Waals surface area contributed by atoms with Crippen molar-refractivity contribution in [3.8, 4) is 0 Å². The van der Waals surface area contributed by atoms with Crippen molar-refractivity contribution in [2.24, 2.45) is 35.0 Å². The van der Waals surface area contributed by atoms with Gasteiger partial charge in [-0.1, -0.05) is 20.8 Å². The van der Waals surface area contributed by atoms with Crippen LogP contribution in [0.15, 0.2) is 0 Å². The van der Waals surface area contributed by atoms with Crippen LogP contribution in [0.2, 0.25) is 0 Å². The fraction of sp³-hybridized carbons (Fsp3) is 1.00. The van der Waals surface area contributed by atoms with Gasteiger partial charge in [-0.25, -0.2) is 0 Å². The molecule has 0 radical (unpaired) electrons. The van der Waals surface area contributed by atoms with E-state index in [9.17, 15) is 0 Å². The molecule has 0 heterocycles. The molecule has 12 heavy (non-hydrogen) atoms. The summed E-state index contributed by atoms with van der Waals surface area (Å²) in [6.45, 7) is 7.46. The van der Waals surface area contributed by atoms with E-state index in [4.69, 9.17) is 0 Å². The van der Waals surface area contributed by atoms with Gasteiger partial charge in [-0.2, -0.15) is 0 Å². The number of hydrogen-bond donors (Lipinski definition) is 0. The Labute approximate surface area is 75.7 Å². The van der Waals surface area contributed by atoms with Crippen molar-refractivity contribution in [3.05, 3.63) is 0 Å². The van der Waals surface area contributed by atoms with Gasteiger partial charge in [0, 0.05) is 0 Å². The van der Waals surface area contributed by atoms with Crippen LogP contribution >= 0.6 is 0 Å². The lowest BCUT2D eigenvalue weighted by Gasteiger charge is -2.62. The van der Waals surface area contributed by atoms with Crippen molar-refractivity contribution in [1.82, 2.24) is 0 Å². The largest absolute Gasteiger partial charge is 0.0648 e. The summed E-state index contributed by atoms with van der Waals surface area (Å²) in [5.41, 5.74) is 0.813. The van der Waals surface area contributed by atoms with Crippen molar-refractivity contribution < 1.29 is 0 Å². The molecule has 3 fully saturated rings. The maximum Gasteiger partial charge on any atom is -0.0212 e. The molecule has 6 atom stereocenters. The zero-order valence-corrected chi connectivity index (χ0v) is 8.51. The van der Waals surface area contributed by atoms with Crippen molar-refractivity contribution in [2.45, 2.75) is 40.0 Å². The van der Waals surface area contributed by atoms with Gasteiger partial charge in [-0.3, -0.25) is 0 Å². The SMILES string of the molecule is CCC12C(C)C3CC(C1C)C2C3. The maximum atomic E-state index is 2.53. The van der Waals surface area contributed by atoms with Crippen LogP contribution in [0.5, 0.6) is 0 Å². The predicted octanol–water partition coefficient (Wildman–Crippen LogP) is 3.32. The molecule has 0 aromatic carbocycles. The van der Waals surface area contributed by atoms with Crippen LogP contribution in [0.25, 0.3) is 0 Å². The lowest BCUT2D eigenvalue weighted by atomic mass is 9.42. The zero-order chi connectivity index (χ0) is 8.51. The van der Waals surface area contributed by atoms with Gasteiger partial charge in [0.2, 0.25) is 0 Å². The molecular weight excluding hydrogens is 144 g/mol. The lowest BCUT2D eigenvalue weighted by Crippen LogP contribution is -2.57. The highest BCUT2D eigenvalue weighted by molar-refractivity contribution is 5.18. The van der Waals surface area contributed by atoms with Gasteiger partial charge in [0.15, 0.2) is 0 Å². The standard InChI is InChI=1S/C12H20/c1-4-12-7(2)9-5-10(8(12)3)11(12)6-9/h7-11H,4-6H2,1-3H3. The topological polar surface area (TPSA) is 0 Å². The Bertz CT molecular complexity index is 212. The first kappa shape index (κ1) is 7.41. The third kappa shape index (κ3) is 0.482. The fourth-order valence-electron chi connectivity index (χ4n) is 5.40. The lowest BCUT2D eigenvalue weighted by molar-refractivity contribution is -0.146. The van der Waals surface area contributed by atoms with Gasteiger partial charge in [0.25, 0.3) is 0 Å². The fourth-order valence-corrected chi connectivity index (χ4v) is 5.40. The molecule has 0 amide bonds. The molecule has 6 unspecified atom stereocenters.